The average molecular weight is 265 g/mol. The first-order chi connectivity index (χ1) is 9.11. The van der Waals surface area contributed by atoms with Crippen LogP contribution in [-0.4, -0.2) is 27.8 Å². The minimum absolute atomic E-state index is 0.0917. The molecule has 2 rings (SSSR count). The molecule has 100 valence electrons. The highest BCUT2D eigenvalue weighted by molar-refractivity contribution is 5.81. The standard InChI is InChI=1S/C12H12FN3O3/c1-2-19-11(17)9(10-14-12(18)16-15-10)7-4-3-5-8(13)6-7/h3-6,9H,2H2,1H3,(H2,14,15,16,18). The third kappa shape index (κ3) is 2.87. The Bertz CT molecular complexity index is 635. The predicted molar refractivity (Wildman–Crippen MR) is 64.1 cm³/mol. The van der Waals surface area contributed by atoms with E-state index < -0.39 is 23.4 Å². The molecule has 0 bridgehead atoms. The second-order valence-corrected chi connectivity index (χ2v) is 3.80. The fraction of sp³-hybridized carbons (Fsp3) is 0.250. The molecule has 0 aliphatic rings. The summed E-state index contributed by atoms with van der Waals surface area (Å²) in [5, 5.41) is 5.88. The molecule has 0 aliphatic heterocycles. The third-order valence-electron chi connectivity index (χ3n) is 2.50. The minimum Gasteiger partial charge on any atom is -0.465 e. The van der Waals surface area contributed by atoms with Gasteiger partial charge in [0.25, 0.3) is 0 Å². The first-order valence-electron chi connectivity index (χ1n) is 5.68. The van der Waals surface area contributed by atoms with Gasteiger partial charge < -0.3 is 4.74 Å². The van der Waals surface area contributed by atoms with Gasteiger partial charge in [0.1, 0.15) is 17.6 Å². The van der Waals surface area contributed by atoms with Crippen LogP contribution in [0.3, 0.4) is 0 Å². The van der Waals surface area contributed by atoms with Gasteiger partial charge in [0.2, 0.25) is 0 Å². The van der Waals surface area contributed by atoms with Crippen molar-refractivity contribution in [3.05, 3.63) is 52.0 Å². The van der Waals surface area contributed by atoms with Crippen molar-refractivity contribution in [3.63, 3.8) is 0 Å². The molecule has 6 nitrogen and oxygen atoms in total. The van der Waals surface area contributed by atoms with Crippen LogP contribution < -0.4 is 5.69 Å². The number of nitrogens with one attached hydrogen (secondary N) is 2. The zero-order chi connectivity index (χ0) is 13.8. The number of hydrogen-bond acceptors (Lipinski definition) is 4. The predicted octanol–water partition coefficient (Wildman–Crippen LogP) is 0.932. The fourth-order valence-corrected chi connectivity index (χ4v) is 1.74. The van der Waals surface area contributed by atoms with Gasteiger partial charge >= 0.3 is 11.7 Å². The van der Waals surface area contributed by atoms with Gasteiger partial charge in [0, 0.05) is 0 Å². The van der Waals surface area contributed by atoms with E-state index in [1.807, 2.05) is 0 Å². The molecule has 2 N–H and O–H groups in total. The molecule has 0 amide bonds. The number of hydrogen-bond donors (Lipinski definition) is 2. The number of rotatable bonds is 4. The molecule has 0 saturated carbocycles. The van der Waals surface area contributed by atoms with Crippen molar-refractivity contribution in [3.8, 4) is 0 Å². The maximum atomic E-state index is 13.2. The molecule has 0 spiro atoms. The normalized spacial score (nSPS) is 12.1. The number of nitrogens with zero attached hydrogens (tertiary/aromatic N) is 1. The maximum Gasteiger partial charge on any atom is 0.340 e. The van der Waals surface area contributed by atoms with Crippen LogP contribution in [0.15, 0.2) is 29.1 Å². The fourth-order valence-electron chi connectivity index (χ4n) is 1.74. The van der Waals surface area contributed by atoms with Crippen molar-refractivity contribution in [1.82, 2.24) is 15.2 Å². The Morgan fingerprint density at radius 2 is 2.32 bits per heavy atom. The van der Waals surface area contributed by atoms with Gasteiger partial charge in [0.05, 0.1) is 6.61 Å². The molecule has 0 aliphatic carbocycles. The molecule has 0 fully saturated rings. The Morgan fingerprint density at radius 1 is 1.53 bits per heavy atom. The van der Waals surface area contributed by atoms with Crippen LogP contribution in [0.25, 0.3) is 0 Å². The van der Waals surface area contributed by atoms with E-state index in [1.165, 1.54) is 18.2 Å². The summed E-state index contributed by atoms with van der Waals surface area (Å²) in [6.45, 7) is 1.84. The van der Waals surface area contributed by atoms with E-state index in [2.05, 4.69) is 15.2 Å². The van der Waals surface area contributed by atoms with Crippen LogP contribution in [0.1, 0.15) is 24.2 Å². The molecule has 1 aromatic carbocycles. The quantitative estimate of drug-likeness (QED) is 0.805. The van der Waals surface area contributed by atoms with Gasteiger partial charge in [-0.15, -0.1) is 0 Å². The lowest BCUT2D eigenvalue weighted by atomic mass is 9.98. The number of ether oxygens (including phenoxy) is 1. The number of aromatic amines is 2. The van der Waals surface area contributed by atoms with Gasteiger partial charge in [-0.1, -0.05) is 12.1 Å². The third-order valence-corrected chi connectivity index (χ3v) is 2.50. The van der Waals surface area contributed by atoms with E-state index in [-0.39, 0.29) is 12.4 Å². The van der Waals surface area contributed by atoms with Crippen LogP contribution in [0.2, 0.25) is 0 Å². The van der Waals surface area contributed by atoms with Crippen molar-refractivity contribution in [2.24, 2.45) is 0 Å². The van der Waals surface area contributed by atoms with Gasteiger partial charge in [-0.3, -0.25) is 9.78 Å². The molecular weight excluding hydrogens is 253 g/mol. The molecule has 0 saturated heterocycles. The lowest BCUT2D eigenvalue weighted by Crippen LogP contribution is -2.19. The highest BCUT2D eigenvalue weighted by Gasteiger charge is 2.27. The van der Waals surface area contributed by atoms with Crippen molar-refractivity contribution >= 4 is 5.97 Å². The van der Waals surface area contributed by atoms with Crippen LogP contribution in [0, 0.1) is 5.82 Å². The van der Waals surface area contributed by atoms with Gasteiger partial charge in [0.15, 0.2) is 0 Å². The summed E-state index contributed by atoms with van der Waals surface area (Å²) in [5.41, 5.74) is -0.179. The van der Waals surface area contributed by atoms with Crippen molar-refractivity contribution < 1.29 is 13.9 Å². The summed E-state index contributed by atoms with van der Waals surface area (Å²) in [5.74, 6) is -1.95. The second kappa shape index (κ2) is 5.47. The van der Waals surface area contributed by atoms with E-state index in [0.717, 1.165) is 0 Å². The number of aromatic nitrogens is 3. The zero-order valence-electron chi connectivity index (χ0n) is 10.1. The summed E-state index contributed by atoms with van der Waals surface area (Å²) in [6, 6.07) is 5.51. The topological polar surface area (TPSA) is 87.8 Å². The molecule has 1 unspecified atom stereocenters. The van der Waals surface area contributed by atoms with Crippen LogP contribution in [-0.2, 0) is 9.53 Å². The van der Waals surface area contributed by atoms with Gasteiger partial charge in [-0.2, -0.15) is 5.10 Å². The molecule has 19 heavy (non-hydrogen) atoms. The number of halogens is 1. The minimum atomic E-state index is -0.963. The summed E-state index contributed by atoms with van der Waals surface area (Å²) < 4.78 is 18.2. The zero-order valence-corrected chi connectivity index (χ0v) is 10.1. The van der Waals surface area contributed by atoms with Gasteiger partial charge in [-0.25, -0.2) is 14.3 Å². The maximum absolute atomic E-state index is 13.2. The van der Waals surface area contributed by atoms with Crippen LogP contribution >= 0.6 is 0 Å². The summed E-state index contributed by atoms with van der Waals surface area (Å²) >= 11 is 0. The van der Waals surface area contributed by atoms with E-state index in [1.54, 1.807) is 13.0 Å². The average Bonchev–Trinajstić information content (AvgIpc) is 2.76. The van der Waals surface area contributed by atoms with Crippen molar-refractivity contribution in [1.29, 1.82) is 0 Å². The second-order valence-electron chi connectivity index (χ2n) is 3.80. The number of H-pyrrole nitrogens is 2. The number of carbonyl (C=O) groups is 1. The smallest absolute Gasteiger partial charge is 0.340 e. The van der Waals surface area contributed by atoms with Crippen molar-refractivity contribution in [2.45, 2.75) is 12.8 Å². The number of esters is 1. The molecule has 2 aromatic rings. The lowest BCUT2D eigenvalue weighted by molar-refractivity contribution is -0.144. The largest absolute Gasteiger partial charge is 0.465 e. The molecule has 0 radical (unpaired) electrons. The monoisotopic (exact) mass is 265 g/mol. The van der Waals surface area contributed by atoms with E-state index in [0.29, 0.717) is 5.56 Å². The molecule has 7 heteroatoms. The number of carbonyl (C=O) groups excluding carboxylic acids is 1. The van der Waals surface area contributed by atoms with Gasteiger partial charge in [-0.05, 0) is 24.6 Å². The summed E-state index contributed by atoms with van der Waals surface area (Å²) in [6.07, 6.45) is 0. The van der Waals surface area contributed by atoms with Crippen molar-refractivity contribution in [2.75, 3.05) is 6.61 Å². The van der Waals surface area contributed by atoms with Crippen LogP contribution in [0.4, 0.5) is 4.39 Å². The first kappa shape index (κ1) is 13.0. The molecule has 1 atom stereocenters. The lowest BCUT2D eigenvalue weighted by Gasteiger charge is -2.13. The SMILES string of the molecule is CCOC(=O)C(c1cccc(F)c1)c1n[nH]c(=O)[nH]1. The highest BCUT2D eigenvalue weighted by Crippen LogP contribution is 2.23. The Kier molecular flexibility index (Phi) is 3.74. The first-order valence-corrected chi connectivity index (χ1v) is 5.68. The number of benzene rings is 1. The van der Waals surface area contributed by atoms with E-state index in [4.69, 9.17) is 4.74 Å². The Labute approximate surface area is 107 Å². The summed E-state index contributed by atoms with van der Waals surface area (Å²) in [7, 11) is 0. The Morgan fingerprint density at radius 3 is 2.89 bits per heavy atom. The molecule has 1 heterocycles. The Balaban J connectivity index is 2.45. The van der Waals surface area contributed by atoms with Crippen LogP contribution in [0.5, 0.6) is 0 Å². The van der Waals surface area contributed by atoms with E-state index in [9.17, 15) is 14.0 Å². The Hall–Kier alpha value is -2.44. The van der Waals surface area contributed by atoms with E-state index >= 15 is 0 Å². The summed E-state index contributed by atoms with van der Waals surface area (Å²) in [4.78, 5) is 25.4. The highest BCUT2D eigenvalue weighted by atomic mass is 19.1. The molecule has 1 aromatic heterocycles. The molecular formula is C12H12FN3O3.